The Labute approximate surface area is 114 Å². The van der Waals surface area contributed by atoms with E-state index in [2.05, 4.69) is 25.7 Å². The van der Waals surface area contributed by atoms with E-state index in [9.17, 15) is 4.39 Å². The Balaban J connectivity index is 3.13. The van der Waals surface area contributed by atoms with Crippen molar-refractivity contribution in [2.75, 3.05) is 18.0 Å². The van der Waals surface area contributed by atoms with Gasteiger partial charge >= 0.3 is 0 Å². The van der Waals surface area contributed by atoms with E-state index in [-0.39, 0.29) is 10.8 Å². The smallest absolute Gasteiger partial charge is 0.135 e. The summed E-state index contributed by atoms with van der Waals surface area (Å²) in [5.74, 6) is 0.204. The fourth-order valence-corrected chi connectivity index (χ4v) is 2.13. The average Bonchev–Trinajstić information content (AvgIpc) is 2.34. The molecule has 1 unspecified atom stereocenters. The summed E-state index contributed by atoms with van der Waals surface area (Å²) in [5, 5.41) is 0. The maximum atomic E-state index is 13.8. The highest BCUT2D eigenvalue weighted by molar-refractivity contribution is 7.80. The highest BCUT2D eigenvalue weighted by Gasteiger charge is 2.16. The van der Waals surface area contributed by atoms with Crippen LogP contribution >= 0.6 is 12.2 Å². The second-order valence-corrected chi connectivity index (χ2v) is 4.99. The zero-order valence-corrected chi connectivity index (χ0v) is 12.1. The summed E-state index contributed by atoms with van der Waals surface area (Å²) in [7, 11) is 0. The Morgan fingerprint density at radius 3 is 2.61 bits per heavy atom. The largest absolute Gasteiger partial charge is 0.389 e. The Morgan fingerprint density at radius 2 is 2.11 bits per heavy atom. The van der Waals surface area contributed by atoms with Crippen molar-refractivity contribution in [1.82, 2.24) is 0 Å². The van der Waals surface area contributed by atoms with Crippen LogP contribution in [0, 0.1) is 11.7 Å². The molecule has 0 fully saturated rings. The summed E-state index contributed by atoms with van der Waals surface area (Å²) >= 11 is 4.96. The van der Waals surface area contributed by atoms with Crippen LogP contribution in [0.1, 0.15) is 32.8 Å². The predicted octanol–water partition coefficient (Wildman–Crippen LogP) is 3.33. The van der Waals surface area contributed by atoms with Crippen LogP contribution in [-0.4, -0.2) is 18.1 Å². The summed E-state index contributed by atoms with van der Waals surface area (Å²) in [5.41, 5.74) is 6.79. The SMILES string of the molecule is CCC(C)CN(CC)c1cccc(F)c1C(N)=S. The van der Waals surface area contributed by atoms with Gasteiger partial charge in [-0.3, -0.25) is 0 Å². The van der Waals surface area contributed by atoms with Gasteiger partial charge in [0.25, 0.3) is 0 Å². The molecule has 0 aliphatic heterocycles. The molecule has 0 heterocycles. The van der Waals surface area contributed by atoms with Gasteiger partial charge in [0, 0.05) is 18.8 Å². The van der Waals surface area contributed by atoms with Crippen LogP contribution in [0.5, 0.6) is 0 Å². The monoisotopic (exact) mass is 268 g/mol. The van der Waals surface area contributed by atoms with E-state index < -0.39 is 0 Å². The van der Waals surface area contributed by atoms with E-state index in [0.29, 0.717) is 11.5 Å². The van der Waals surface area contributed by atoms with Crippen LogP contribution in [0.3, 0.4) is 0 Å². The Bertz CT molecular complexity index is 420. The van der Waals surface area contributed by atoms with Gasteiger partial charge in [-0.25, -0.2) is 4.39 Å². The van der Waals surface area contributed by atoms with Gasteiger partial charge in [0.05, 0.1) is 5.56 Å². The molecule has 0 amide bonds. The summed E-state index contributed by atoms with van der Waals surface area (Å²) in [6.45, 7) is 8.08. The highest BCUT2D eigenvalue weighted by Crippen LogP contribution is 2.24. The van der Waals surface area contributed by atoms with E-state index in [1.807, 2.05) is 6.07 Å². The Hall–Kier alpha value is -1.16. The second kappa shape index (κ2) is 6.69. The van der Waals surface area contributed by atoms with Crippen molar-refractivity contribution in [1.29, 1.82) is 0 Å². The maximum absolute atomic E-state index is 13.8. The fraction of sp³-hybridized carbons (Fsp3) is 0.500. The van der Waals surface area contributed by atoms with Gasteiger partial charge in [0.2, 0.25) is 0 Å². The number of nitrogens with two attached hydrogens (primary N) is 1. The summed E-state index contributed by atoms with van der Waals surface area (Å²) < 4.78 is 13.8. The van der Waals surface area contributed by atoms with E-state index in [1.54, 1.807) is 6.07 Å². The molecule has 1 atom stereocenters. The molecular weight excluding hydrogens is 247 g/mol. The molecule has 1 rings (SSSR count). The Kier molecular flexibility index (Phi) is 5.54. The molecule has 0 aliphatic rings. The molecule has 0 aromatic heterocycles. The van der Waals surface area contributed by atoms with E-state index in [4.69, 9.17) is 18.0 Å². The molecule has 18 heavy (non-hydrogen) atoms. The highest BCUT2D eigenvalue weighted by atomic mass is 32.1. The molecule has 100 valence electrons. The molecule has 0 bridgehead atoms. The minimum Gasteiger partial charge on any atom is -0.389 e. The molecule has 0 saturated heterocycles. The number of anilines is 1. The van der Waals surface area contributed by atoms with Crippen molar-refractivity contribution >= 4 is 22.9 Å². The van der Waals surface area contributed by atoms with Gasteiger partial charge in [0.15, 0.2) is 0 Å². The normalized spacial score (nSPS) is 12.2. The van der Waals surface area contributed by atoms with Gasteiger partial charge in [-0.2, -0.15) is 0 Å². The quantitative estimate of drug-likeness (QED) is 0.802. The lowest BCUT2D eigenvalue weighted by Gasteiger charge is -2.28. The molecule has 4 heteroatoms. The lowest BCUT2D eigenvalue weighted by Crippen LogP contribution is -2.30. The van der Waals surface area contributed by atoms with Crippen LogP contribution in [0.25, 0.3) is 0 Å². The molecule has 2 nitrogen and oxygen atoms in total. The lowest BCUT2D eigenvalue weighted by molar-refractivity contribution is 0.546. The van der Waals surface area contributed by atoms with Crippen molar-refractivity contribution in [2.24, 2.45) is 11.7 Å². The molecule has 0 saturated carbocycles. The zero-order chi connectivity index (χ0) is 13.7. The van der Waals surface area contributed by atoms with Crippen LogP contribution in [0.2, 0.25) is 0 Å². The first-order chi connectivity index (χ1) is 8.51. The van der Waals surface area contributed by atoms with Gasteiger partial charge in [-0.05, 0) is 25.0 Å². The number of hydrogen-bond donors (Lipinski definition) is 1. The maximum Gasteiger partial charge on any atom is 0.135 e. The van der Waals surface area contributed by atoms with E-state index in [0.717, 1.165) is 25.2 Å². The van der Waals surface area contributed by atoms with Gasteiger partial charge < -0.3 is 10.6 Å². The molecule has 0 radical (unpaired) electrons. The molecule has 1 aromatic rings. The predicted molar refractivity (Wildman–Crippen MR) is 79.6 cm³/mol. The summed E-state index contributed by atoms with van der Waals surface area (Å²) in [4.78, 5) is 2.25. The number of hydrogen-bond acceptors (Lipinski definition) is 2. The van der Waals surface area contributed by atoms with E-state index >= 15 is 0 Å². The minimum atomic E-state index is -0.345. The topological polar surface area (TPSA) is 29.3 Å². The van der Waals surface area contributed by atoms with Crippen LogP contribution in [0.15, 0.2) is 18.2 Å². The first-order valence-corrected chi connectivity index (χ1v) is 6.75. The number of halogens is 1. The minimum absolute atomic E-state index is 0.116. The molecule has 2 N–H and O–H groups in total. The molecule has 0 spiro atoms. The fourth-order valence-electron chi connectivity index (χ4n) is 1.92. The first-order valence-electron chi connectivity index (χ1n) is 6.34. The van der Waals surface area contributed by atoms with Crippen molar-refractivity contribution in [3.63, 3.8) is 0 Å². The van der Waals surface area contributed by atoms with Crippen molar-refractivity contribution in [2.45, 2.75) is 27.2 Å². The number of rotatable bonds is 6. The van der Waals surface area contributed by atoms with Crippen molar-refractivity contribution in [3.05, 3.63) is 29.6 Å². The number of benzene rings is 1. The molecular formula is C14H21FN2S. The van der Waals surface area contributed by atoms with Crippen LogP contribution in [-0.2, 0) is 0 Å². The van der Waals surface area contributed by atoms with Crippen LogP contribution < -0.4 is 10.6 Å². The summed E-state index contributed by atoms with van der Waals surface area (Å²) in [6.07, 6.45) is 1.09. The zero-order valence-electron chi connectivity index (χ0n) is 11.2. The third kappa shape index (κ3) is 3.42. The Morgan fingerprint density at radius 1 is 1.44 bits per heavy atom. The molecule has 1 aromatic carbocycles. The standard InChI is InChI=1S/C14H21FN2S/c1-4-10(3)9-17(5-2)12-8-6-7-11(15)13(12)14(16)18/h6-8,10H,4-5,9H2,1-3H3,(H2,16,18). The van der Waals surface area contributed by atoms with Crippen LogP contribution in [0.4, 0.5) is 10.1 Å². The summed E-state index contributed by atoms with van der Waals surface area (Å²) in [6, 6.07) is 4.98. The second-order valence-electron chi connectivity index (χ2n) is 4.55. The third-order valence-electron chi connectivity index (χ3n) is 3.19. The number of thiocarbonyl (C=S) groups is 1. The van der Waals surface area contributed by atoms with E-state index in [1.165, 1.54) is 6.07 Å². The first kappa shape index (κ1) is 14.9. The lowest BCUT2D eigenvalue weighted by atomic mass is 10.1. The average molecular weight is 268 g/mol. The van der Waals surface area contributed by atoms with Crippen molar-refractivity contribution < 1.29 is 4.39 Å². The van der Waals surface area contributed by atoms with Gasteiger partial charge in [0.1, 0.15) is 10.8 Å². The van der Waals surface area contributed by atoms with Gasteiger partial charge in [-0.1, -0.05) is 38.6 Å². The third-order valence-corrected chi connectivity index (χ3v) is 3.39. The molecule has 0 aliphatic carbocycles. The van der Waals surface area contributed by atoms with Gasteiger partial charge in [-0.15, -0.1) is 0 Å². The van der Waals surface area contributed by atoms with Crippen molar-refractivity contribution in [3.8, 4) is 0 Å². The number of nitrogens with zero attached hydrogens (tertiary/aromatic N) is 1.